The Morgan fingerprint density at radius 1 is 0.750 bits per heavy atom. The van der Waals surface area contributed by atoms with Crippen LogP contribution in [0.3, 0.4) is 0 Å². The molecule has 0 atom stereocenters. The second-order valence-corrected chi connectivity index (χ2v) is 7.09. The number of aromatic nitrogens is 2. The van der Waals surface area contributed by atoms with Crippen molar-refractivity contribution in [3.05, 3.63) is 93.3 Å². The average Bonchev–Trinajstić information content (AvgIpc) is 3.36. The summed E-state index contributed by atoms with van der Waals surface area (Å²) in [5.74, 6) is 0. The molecule has 0 amide bonds. The van der Waals surface area contributed by atoms with Gasteiger partial charge in [0, 0.05) is 28.7 Å². The highest BCUT2D eigenvalue weighted by molar-refractivity contribution is 7.11. The molecule has 4 aromatic rings. The van der Waals surface area contributed by atoms with Gasteiger partial charge >= 0.3 is 0 Å². The van der Waals surface area contributed by atoms with Crippen LogP contribution in [-0.2, 0) is 5.60 Å². The van der Waals surface area contributed by atoms with E-state index in [4.69, 9.17) is 0 Å². The Hall–Kier alpha value is -2.34. The molecular formula is C19H14N2OS2. The maximum absolute atomic E-state index is 11.7. The fraction of sp³-hybridized carbons (Fsp3) is 0.0526. The van der Waals surface area contributed by atoms with E-state index in [0.29, 0.717) is 10.0 Å². The van der Waals surface area contributed by atoms with Crippen molar-refractivity contribution in [2.24, 2.45) is 0 Å². The molecule has 2 heterocycles. The smallest absolute Gasteiger partial charge is 0.194 e. The largest absolute Gasteiger partial charge is 0.372 e. The first-order valence-electron chi connectivity index (χ1n) is 7.47. The van der Waals surface area contributed by atoms with Crippen LogP contribution in [-0.4, -0.2) is 15.1 Å². The number of hydrogen-bond acceptors (Lipinski definition) is 5. The predicted molar refractivity (Wildman–Crippen MR) is 98.2 cm³/mol. The fourth-order valence-electron chi connectivity index (χ4n) is 2.79. The topological polar surface area (TPSA) is 46.0 Å². The first kappa shape index (κ1) is 15.2. The lowest BCUT2D eigenvalue weighted by atomic mass is 9.87. The summed E-state index contributed by atoms with van der Waals surface area (Å²) >= 11 is 2.86. The molecule has 2 aromatic carbocycles. The third-order valence-corrected chi connectivity index (χ3v) is 5.65. The fourth-order valence-corrected chi connectivity index (χ4v) is 4.36. The normalized spacial score (nSPS) is 11.5. The van der Waals surface area contributed by atoms with Crippen molar-refractivity contribution >= 4 is 22.7 Å². The molecule has 118 valence electrons. The van der Waals surface area contributed by atoms with E-state index in [1.165, 1.54) is 22.7 Å². The summed E-state index contributed by atoms with van der Waals surface area (Å²) in [7, 11) is 0. The summed E-state index contributed by atoms with van der Waals surface area (Å²) in [6, 6.07) is 18.0. The summed E-state index contributed by atoms with van der Waals surface area (Å²) in [6.45, 7) is 0. The minimum Gasteiger partial charge on any atom is -0.372 e. The zero-order valence-electron chi connectivity index (χ0n) is 12.7. The van der Waals surface area contributed by atoms with Gasteiger partial charge in [0.2, 0.25) is 0 Å². The second kappa shape index (κ2) is 6.28. The predicted octanol–water partition coefficient (Wildman–Crippen LogP) is 4.55. The lowest BCUT2D eigenvalue weighted by Crippen LogP contribution is -2.29. The summed E-state index contributed by atoms with van der Waals surface area (Å²) in [5.41, 5.74) is 1.47. The molecule has 3 nitrogen and oxygen atoms in total. The van der Waals surface area contributed by atoms with Crippen molar-refractivity contribution in [1.29, 1.82) is 0 Å². The highest BCUT2D eigenvalue weighted by atomic mass is 32.1. The molecule has 1 N–H and O–H groups in total. The molecule has 0 aliphatic carbocycles. The molecule has 24 heavy (non-hydrogen) atoms. The Balaban J connectivity index is 1.99. The number of rotatable bonds is 4. The van der Waals surface area contributed by atoms with Gasteiger partial charge in [0.1, 0.15) is 10.0 Å². The van der Waals surface area contributed by atoms with Crippen LogP contribution in [0.25, 0.3) is 11.1 Å². The van der Waals surface area contributed by atoms with Crippen molar-refractivity contribution < 1.29 is 5.11 Å². The van der Waals surface area contributed by atoms with E-state index >= 15 is 0 Å². The van der Waals surface area contributed by atoms with E-state index in [1.54, 1.807) is 12.4 Å². The van der Waals surface area contributed by atoms with Gasteiger partial charge < -0.3 is 5.11 Å². The molecule has 0 aliphatic rings. The summed E-state index contributed by atoms with van der Waals surface area (Å²) in [4.78, 5) is 8.78. The van der Waals surface area contributed by atoms with Gasteiger partial charge in [0.05, 0.1) is 0 Å². The Morgan fingerprint density at radius 3 is 1.92 bits per heavy atom. The van der Waals surface area contributed by atoms with Gasteiger partial charge in [0.25, 0.3) is 0 Å². The van der Waals surface area contributed by atoms with Crippen LogP contribution in [0.1, 0.15) is 15.6 Å². The third-order valence-electron chi connectivity index (χ3n) is 3.89. The Kier molecular flexibility index (Phi) is 3.98. The number of aliphatic hydroxyl groups is 1. The molecule has 5 heteroatoms. The molecular weight excluding hydrogens is 336 g/mol. The Morgan fingerprint density at radius 2 is 1.33 bits per heavy atom. The quantitative estimate of drug-likeness (QED) is 0.587. The van der Waals surface area contributed by atoms with Gasteiger partial charge in [-0.15, -0.1) is 22.7 Å². The van der Waals surface area contributed by atoms with E-state index in [1.807, 2.05) is 65.4 Å². The SMILES string of the molecule is OC(c1nccs1)(c1nccs1)c1ccccc1-c1ccccc1. The minimum atomic E-state index is -1.35. The average molecular weight is 350 g/mol. The van der Waals surface area contributed by atoms with E-state index in [9.17, 15) is 5.11 Å². The van der Waals surface area contributed by atoms with Crippen molar-refractivity contribution in [3.63, 3.8) is 0 Å². The van der Waals surface area contributed by atoms with Crippen LogP contribution in [0.2, 0.25) is 0 Å². The molecule has 0 aliphatic heterocycles. The van der Waals surface area contributed by atoms with E-state index in [0.717, 1.165) is 16.7 Å². The van der Waals surface area contributed by atoms with Gasteiger partial charge in [0.15, 0.2) is 5.60 Å². The Bertz CT molecular complexity index is 885. The lowest BCUT2D eigenvalue weighted by Gasteiger charge is -2.27. The number of hydrogen-bond donors (Lipinski definition) is 1. The summed E-state index contributed by atoms with van der Waals surface area (Å²) in [6.07, 6.45) is 3.42. The second-order valence-electron chi connectivity index (χ2n) is 5.30. The highest BCUT2D eigenvalue weighted by Crippen LogP contribution is 2.42. The van der Waals surface area contributed by atoms with Crippen molar-refractivity contribution in [1.82, 2.24) is 9.97 Å². The summed E-state index contributed by atoms with van der Waals surface area (Å²) < 4.78 is 0. The van der Waals surface area contributed by atoms with Gasteiger partial charge in [-0.05, 0) is 11.1 Å². The first-order valence-corrected chi connectivity index (χ1v) is 9.23. The number of benzene rings is 2. The Labute approximate surface area is 147 Å². The van der Waals surface area contributed by atoms with Crippen molar-refractivity contribution in [2.75, 3.05) is 0 Å². The molecule has 0 unspecified atom stereocenters. The number of nitrogens with zero attached hydrogens (tertiary/aromatic N) is 2. The maximum atomic E-state index is 11.7. The minimum absolute atomic E-state index is 0.626. The zero-order chi connectivity index (χ0) is 16.4. The van der Waals surface area contributed by atoms with E-state index in [2.05, 4.69) is 9.97 Å². The van der Waals surface area contributed by atoms with E-state index in [-0.39, 0.29) is 0 Å². The third kappa shape index (κ3) is 2.47. The molecule has 2 aromatic heterocycles. The molecule has 0 radical (unpaired) electrons. The van der Waals surface area contributed by atoms with Gasteiger partial charge in [-0.1, -0.05) is 54.6 Å². The zero-order valence-corrected chi connectivity index (χ0v) is 14.3. The van der Waals surface area contributed by atoms with E-state index < -0.39 is 5.60 Å². The lowest BCUT2D eigenvalue weighted by molar-refractivity contribution is 0.125. The highest BCUT2D eigenvalue weighted by Gasteiger charge is 2.40. The van der Waals surface area contributed by atoms with Crippen molar-refractivity contribution in [3.8, 4) is 11.1 Å². The molecule has 0 spiro atoms. The van der Waals surface area contributed by atoms with Crippen LogP contribution in [0, 0.1) is 0 Å². The molecule has 4 rings (SSSR count). The molecule has 0 saturated heterocycles. The van der Waals surface area contributed by atoms with Crippen LogP contribution >= 0.6 is 22.7 Å². The molecule has 0 bridgehead atoms. The molecule has 0 saturated carbocycles. The first-order chi connectivity index (χ1) is 11.8. The van der Waals surface area contributed by atoms with Gasteiger partial charge in [-0.25, -0.2) is 9.97 Å². The van der Waals surface area contributed by atoms with Crippen LogP contribution < -0.4 is 0 Å². The van der Waals surface area contributed by atoms with Crippen LogP contribution in [0.5, 0.6) is 0 Å². The van der Waals surface area contributed by atoms with Gasteiger partial charge in [-0.2, -0.15) is 0 Å². The number of thiazole rings is 2. The van der Waals surface area contributed by atoms with Crippen LogP contribution in [0.15, 0.2) is 77.8 Å². The maximum Gasteiger partial charge on any atom is 0.194 e. The summed E-state index contributed by atoms with van der Waals surface area (Å²) in [5, 5.41) is 16.7. The van der Waals surface area contributed by atoms with Crippen LogP contribution in [0.4, 0.5) is 0 Å². The van der Waals surface area contributed by atoms with Crippen molar-refractivity contribution in [2.45, 2.75) is 5.60 Å². The standard InChI is InChI=1S/C19H14N2OS2/c22-19(17-20-10-12-23-17,18-21-11-13-24-18)16-9-5-4-8-15(16)14-6-2-1-3-7-14/h1-13,22H. The molecule has 0 fully saturated rings. The van der Waals surface area contributed by atoms with Gasteiger partial charge in [-0.3, -0.25) is 0 Å². The monoisotopic (exact) mass is 350 g/mol.